The summed E-state index contributed by atoms with van der Waals surface area (Å²) in [6.45, 7) is 2.89. The highest BCUT2D eigenvalue weighted by molar-refractivity contribution is 8.00. The quantitative estimate of drug-likeness (QED) is 0.590. The molecule has 0 unspecified atom stereocenters. The molecule has 2 aromatic rings. The third-order valence-corrected chi connectivity index (χ3v) is 4.50. The van der Waals surface area contributed by atoms with Crippen LogP contribution in [0.1, 0.15) is 24.2 Å². The number of ketones is 1. The van der Waals surface area contributed by atoms with Gasteiger partial charge in [-0.15, -0.1) is 11.8 Å². The lowest BCUT2D eigenvalue weighted by Crippen LogP contribution is -2.30. The molecule has 0 spiro atoms. The van der Waals surface area contributed by atoms with Crippen LogP contribution in [0, 0.1) is 5.82 Å². The summed E-state index contributed by atoms with van der Waals surface area (Å²) >= 11 is 1.23. The molecule has 0 aliphatic heterocycles. The number of carbonyl (C=O) groups excluding carboxylic acids is 3. The van der Waals surface area contributed by atoms with E-state index in [9.17, 15) is 18.8 Å². The molecule has 7 heteroatoms. The van der Waals surface area contributed by atoms with Crippen LogP contribution in [0.3, 0.4) is 0 Å². The normalized spacial score (nSPS) is 11.5. The Labute approximate surface area is 154 Å². The second-order valence-electron chi connectivity index (χ2n) is 5.53. The smallest absolute Gasteiger partial charge is 0.340 e. The zero-order chi connectivity index (χ0) is 19.1. The van der Waals surface area contributed by atoms with Crippen LogP contribution in [-0.2, 0) is 14.3 Å². The van der Waals surface area contributed by atoms with Crippen LogP contribution < -0.4 is 5.32 Å². The van der Waals surface area contributed by atoms with Crippen LogP contribution in [0.4, 0.5) is 10.1 Å². The summed E-state index contributed by atoms with van der Waals surface area (Å²) in [6, 6.07) is 12.1. The summed E-state index contributed by atoms with van der Waals surface area (Å²) < 4.78 is 18.4. The van der Waals surface area contributed by atoms with Gasteiger partial charge in [0.25, 0.3) is 5.91 Å². The molecule has 1 amide bonds. The fraction of sp³-hybridized carbons (Fsp3) is 0.211. The predicted molar refractivity (Wildman–Crippen MR) is 97.8 cm³/mol. The van der Waals surface area contributed by atoms with Crippen molar-refractivity contribution in [3.05, 3.63) is 59.9 Å². The number of rotatable bonds is 7. The molecule has 2 rings (SSSR count). The Balaban J connectivity index is 2.02. The Hall–Kier alpha value is -2.67. The second-order valence-corrected chi connectivity index (χ2v) is 6.55. The van der Waals surface area contributed by atoms with Gasteiger partial charge in [-0.2, -0.15) is 0 Å². The molecule has 0 saturated carbocycles. The number of esters is 1. The maximum Gasteiger partial charge on any atom is 0.340 e. The topological polar surface area (TPSA) is 72.5 Å². The molecule has 0 aliphatic rings. The molecule has 0 heterocycles. The molecule has 0 aliphatic carbocycles. The van der Waals surface area contributed by atoms with E-state index in [1.807, 2.05) is 0 Å². The minimum absolute atomic E-state index is 0.0130. The summed E-state index contributed by atoms with van der Waals surface area (Å²) in [5.41, 5.74) is 0.555. The fourth-order valence-corrected chi connectivity index (χ4v) is 2.87. The van der Waals surface area contributed by atoms with Crippen molar-refractivity contribution in [2.24, 2.45) is 0 Å². The SMILES string of the molecule is CC(=O)CSc1ccccc1C(=O)O[C@H](C)C(=O)Nc1cccc(F)c1. The van der Waals surface area contributed by atoms with Crippen LogP contribution in [0.2, 0.25) is 0 Å². The van der Waals surface area contributed by atoms with Crippen molar-refractivity contribution in [2.45, 2.75) is 24.8 Å². The number of hydrogen-bond acceptors (Lipinski definition) is 5. The number of anilines is 1. The number of halogens is 1. The first-order valence-corrected chi connectivity index (χ1v) is 8.84. The maximum atomic E-state index is 13.2. The third kappa shape index (κ3) is 5.70. The van der Waals surface area contributed by atoms with Crippen LogP contribution >= 0.6 is 11.8 Å². The van der Waals surface area contributed by atoms with E-state index >= 15 is 0 Å². The number of thioether (sulfide) groups is 1. The van der Waals surface area contributed by atoms with E-state index in [-0.39, 0.29) is 22.8 Å². The van der Waals surface area contributed by atoms with E-state index in [4.69, 9.17) is 4.74 Å². The minimum atomic E-state index is -1.07. The molecule has 136 valence electrons. The largest absolute Gasteiger partial charge is 0.449 e. The molecule has 1 N–H and O–H groups in total. The van der Waals surface area contributed by atoms with Crippen molar-refractivity contribution in [3.63, 3.8) is 0 Å². The molecular formula is C19H18FNO4S. The highest BCUT2D eigenvalue weighted by Gasteiger charge is 2.21. The van der Waals surface area contributed by atoms with Gasteiger partial charge in [-0.1, -0.05) is 18.2 Å². The number of benzene rings is 2. The van der Waals surface area contributed by atoms with E-state index < -0.39 is 23.8 Å². The third-order valence-electron chi connectivity index (χ3n) is 3.28. The Morgan fingerprint density at radius 1 is 1.15 bits per heavy atom. The molecule has 26 heavy (non-hydrogen) atoms. The van der Waals surface area contributed by atoms with Crippen LogP contribution in [0.15, 0.2) is 53.4 Å². The van der Waals surface area contributed by atoms with Gasteiger partial charge in [0, 0.05) is 10.6 Å². The Morgan fingerprint density at radius 2 is 1.88 bits per heavy atom. The van der Waals surface area contributed by atoms with Crippen molar-refractivity contribution in [1.82, 2.24) is 0 Å². The molecule has 0 fully saturated rings. The first-order valence-electron chi connectivity index (χ1n) is 7.85. The lowest BCUT2D eigenvalue weighted by Gasteiger charge is -2.15. The lowest BCUT2D eigenvalue weighted by atomic mass is 10.2. The van der Waals surface area contributed by atoms with Gasteiger partial charge in [0.2, 0.25) is 0 Å². The Bertz CT molecular complexity index is 825. The van der Waals surface area contributed by atoms with Gasteiger partial charge in [-0.3, -0.25) is 9.59 Å². The summed E-state index contributed by atoms with van der Waals surface area (Å²) in [5.74, 6) is -1.50. The van der Waals surface area contributed by atoms with Gasteiger partial charge in [-0.25, -0.2) is 9.18 Å². The first kappa shape index (κ1) is 19.7. The highest BCUT2D eigenvalue weighted by atomic mass is 32.2. The molecule has 5 nitrogen and oxygen atoms in total. The molecule has 0 aromatic heterocycles. The highest BCUT2D eigenvalue weighted by Crippen LogP contribution is 2.23. The molecule has 2 aromatic carbocycles. The number of carbonyl (C=O) groups is 3. The standard InChI is InChI=1S/C19H18FNO4S/c1-12(22)11-26-17-9-4-3-8-16(17)19(24)25-13(2)18(23)21-15-7-5-6-14(20)10-15/h3-10,13H,11H2,1-2H3,(H,21,23)/t13-/m1/s1. The summed E-state index contributed by atoms with van der Waals surface area (Å²) in [4.78, 5) is 36.2. The number of nitrogens with one attached hydrogen (secondary N) is 1. The van der Waals surface area contributed by atoms with Gasteiger partial charge >= 0.3 is 5.97 Å². The number of hydrogen-bond donors (Lipinski definition) is 1. The van der Waals surface area contributed by atoms with E-state index in [0.29, 0.717) is 4.90 Å². The van der Waals surface area contributed by atoms with Gasteiger partial charge in [0.05, 0.1) is 11.3 Å². The molecule has 0 saturated heterocycles. The van der Waals surface area contributed by atoms with Crippen molar-refractivity contribution >= 4 is 35.1 Å². The Morgan fingerprint density at radius 3 is 2.58 bits per heavy atom. The van der Waals surface area contributed by atoms with Crippen molar-refractivity contribution in [2.75, 3.05) is 11.1 Å². The zero-order valence-electron chi connectivity index (χ0n) is 14.3. The van der Waals surface area contributed by atoms with Gasteiger partial charge in [0.15, 0.2) is 6.10 Å². The average Bonchev–Trinajstić information content (AvgIpc) is 2.60. The number of Topliss-reactive ketones (excluding diaryl/α,β-unsaturated/α-hetero) is 1. The zero-order valence-corrected chi connectivity index (χ0v) is 15.1. The molecular weight excluding hydrogens is 357 g/mol. The lowest BCUT2D eigenvalue weighted by molar-refractivity contribution is -0.123. The van der Waals surface area contributed by atoms with E-state index in [0.717, 1.165) is 0 Å². The predicted octanol–water partition coefficient (Wildman–Crippen LogP) is 3.69. The van der Waals surface area contributed by atoms with E-state index in [2.05, 4.69) is 5.32 Å². The maximum absolute atomic E-state index is 13.2. The number of amides is 1. The summed E-state index contributed by atoms with van der Waals surface area (Å²) in [5, 5.41) is 2.49. The van der Waals surface area contributed by atoms with Crippen LogP contribution in [-0.4, -0.2) is 29.5 Å². The van der Waals surface area contributed by atoms with E-state index in [1.165, 1.54) is 49.9 Å². The average molecular weight is 375 g/mol. The van der Waals surface area contributed by atoms with Gasteiger partial charge in [0.1, 0.15) is 11.6 Å². The van der Waals surface area contributed by atoms with Gasteiger partial charge < -0.3 is 10.1 Å². The van der Waals surface area contributed by atoms with Crippen molar-refractivity contribution in [3.8, 4) is 0 Å². The summed E-state index contributed by atoms with van der Waals surface area (Å²) in [7, 11) is 0. The van der Waals surface area contributed by atoms with E-state index in [1.54, 1.807) is 24.3 Å². The fourth-order valence-electron chi connectivity index (χ4n) is 2.03. The minimum Gasteiger partial charge on any atom is -0.449 e. The van der Waals surface area contributed by atoms with Gasteiger partial charge in [-0.05, 0) is 44.2 Å². The number of ether oxygens (including phenoxy) is 1. The molecule has 1 atom stereocenters. The second kappa shape index (κ2) is 9.15. The van der Waals surface area contributed by atoms with Crippen molar-refractivity contribution < 1.29 is 23.5 Å². The summed E-state index contributed by atoms with van der Waals surface area (Å²) in [6.07, 6.45) is -1.07. The Kier molecular flexibility index (Phi) is 6.91. The monoisotopic (exact) mass is 375 g/mol. The van der Waals surface area contributed by atoms with Crippen LogP contribution in [0.25, 0.3) is 0 Å². The first-order chi connectivity index (χ1) is 12.4. The van der Waals surface area contributed by atoms with Crippen molar-refractivity contribution in [1.29, 1.82) is 0 Å². The molecule has 0 bridgehead atoms. The molecule has 0 radical (unpaired) electrons. The van der Waals surface area contributed by atoms with Crippen LogP contribution in [0.5, 0.6) is 0 Å².